The van der Waals surface area contributed by atoms with Crippen LogP contribution in [0, 0.1) is 0 Å². The number of fused-ring (bicyclic) bond motifs is 1. The van der Waals surface area contributed by atoms with Crippen molar-refractivity contribution in [2.75, 3.05) is 13.6 Å². The fourth-order valence-electron chi connectivity index (χ4n) is 2.74. The molecule has 7 heteroatoms. The smallest absolute Gasteiger partial charge is 0.224 e. The molecule has 3 aromatic rings. The van der Waals surface area contributed by atoms with Crippen LogP contribution in [0.3, 0.4) is 0 Å². The lowest BCUT2D eigenvalue weighted by molar-refractivity contribution is -0.130. The van der Waals surface area contributed by atoms with Gasteiger partial charge in [-0.25, -0.2) is 4.98 Å². The van der Waals surface area contributed by atoms with Gasteiger partial charge in [-0.2, -0.15) is 4.98 Å². The van der Waals surface area contributed by atoms with Crippen LogP contribution in [0.15, 0.2) is 35.2 Å². The number of aromatic nitrogens is 4. The Kier molecular flexibility index (Phi) is 4.88. The lowest BCUT2D eigenvalue weighted by Crippen LogP contribution is -2.29. The zero-order valence-corrected chi connectivity index (χ0v) is 14.0. The third kappa shape index (κ3) is 3.45. The number of imidazole rings is 1. The summed E-state index contributed by atoms with van der Waals surface area (Å²) in [4.78, 5) is 22.7. The van der Waals surface area contributed by atoms with Crippen LogP contribution < -0.4 is 0 Å². The maximum Gasteiger partial charge on any atom is 0.224 e. The van der Waals surface area contributed by atoms with E-state index in [2.05, 4.69) is 26.6 Å². The van der Waals surface area contributed by atoms with Gasteiger partial charge in [-0.05, 0) is 12.1 Å². The van der Waals surface area contributed by atoms with E-state index in [-0.39, 0.29) is 5.91 Å². The third-order valence-electron chi connectivity index (χ3n) is 4.10. The first kappa shape index (κ1) is 16.2. The Morgan fingerprint density at radius 3 is 2.92 bits per heavy atom. The highest BCUT2D eigenvalue weighted by Gasteiger charge is 2.13. The largest absolute Gasteiger partial charge is 0.345 e. The first-order valence-electron chi connectivity index (χ1n) is 8.12. The Balaban J connectivity index is 1.61. The number of likely N-dealkylation sites (N-methyl/N-ethyl adjacent to an activating group) is 1. The average molecular weight is 327 g/mol. The molecule has 0 radical (unpaired) electrons. The second-order valence-corrected chi connectivity index (χ2v) is 5.68. The van der Waals surface area contributed by atoms with Gasteiger partial charge in [-0.3, -0.25) is 4.79 Å². The number of carbonyl (C=O) groups excluding carboxylic acids is 1. The predicted molar refractivity (Wildman–Crippen MR) is 89.4 cm³/mol. The molecular formula is C17H21N5O2. The maximum absolute atomic E-state index is 12.4. The van der Waals surface area contributed by atoms with Crippen molar-refractivity contribution >= 4 is 16.9 Å². The van der Waals surface area contributed by atoms with E-state index < -0.39 is 0 Å². The lowest BCUT2D eigenvalue weighted by atomic mass is 10.3. The van der Waals surface area contributed by atoms with Gasteiger partial charge in [-0.1, -0.05) is 24.2 Å². The van der Waals surface area contributed by atoms with E-state index in [0.29, 0.717) is 31.8 Å². The summed E-state index contributed by atoms with van der Waals surface area (Å²) in [6.07, 6.45) is 3.17. The molecule has 0 atom stereocenters. The minimum Gasteiger partial charge on any atom is -0.345 e. The van der Waals surface area contributed by atoms with Gasteiger partial charge >= 0.3 is 0 Å². The summed E-state index contributed by atoms with van der Waals surface area (Å²) in [5, 5.41) is 3.75. The quantitative estimate of drug-likeness (QED) is 0.664. The number of rotatable bonds is 7. The zero-order valence-electron chi connectivity index (χ0n) is 14.0. The molecule has 3 rings (SSSR count). The van der Waals surface area contributed by atoms with Crippen molar-refractivity contribution in [2.45, 2.75) is 32.7 Å². The summed E-state index contributed by atoms with van der Waals surface area (Å²) in [7, 11) is 1.80. The van der Waals surface area contributed by atoms with Crippen molar-refractivity contribution in [3.05, 3.63) is 42.3 Å². The molecule has 126 valence electrons. The molecule has 1 aromatic carbocycles. The molecule has 0 N–H and O–H groups in total. The fraction of sp³-hybridized carbons (Fsp3) is 0.412. The van der Waals surface area contributed by atoms with Crippen molar-refractivity contribution in [3.63, 3.8) is 0 Å². The molecule has 0 unspecified atom stereocenters. The van der Waals surface area contributed by atoms with Crippen LogP contribution in [-0.2, 0) is 24.2 Å². The fourth-order valence-corrected chi connectivity index (χ4v) is 2.74. The van der Waals surface area contributed by atoms with Crippen LogP contribution in [-0.4, -0.2) is 44.1 Å². The topological polar surface area (TPSA) is 77.0 Å². The van der Waals surface area contributed by atoms with Crippen LogP contribution in [0.25, 0.3) is 11.0 Å². The highest BCUT2D eigenvalue weighted by Crippen LogP contribution is 2.17. The molecule has 0 spiro atoms. The number of nitrogens with zero attached hydrogens (tertiary/aromatic N) is 5. The Morgan fingerprint density at radius 1 is 1.33 bits per heavy atom. The molecular weight excluding hydrogens is 306 g/mol. The second kappa shape index (κ2) is 7.25. The van der Waals surface area contributed by atoms with E-state index in [9.17, 15) is 4.79 Å². The molecule has 7 nitrogen and oxygen atoms in total. The standard InChI is InChI=1S/C17H21N5O2/c1-3-16-19-13-6-4-5-7-14(13)22(16)11-9-17(23)21(2)10-8-15-18-12-24-20-15/h4-7,12H,3,8-11H2,1-2H3. The summed E-state index contributed by atoms with van der Waals surface area (Å²) < 4.78 is 6.83. The van der Waals surface area contributed by atoms with E-state index in [1.807, 2.05) is 24.3 Å². The van der Waals surface area contributed by atoms with Crippen LogP contribution >= 0.6 is 0 Å². The van der Waals surface area contributed by atoms with Gasteiger partial charge in [0, 0.05) is 39.4 Å². The van der Waals surface area contributed by atoms with Crippen LogP contribution in [0.4, 0.5) is 0 Å². The average Bonchev–Trinajstić information content (AvgIpc) is 3.24. The predicted octanol–water partition coefficient (Wildman–Crippen LogP) is 2.07. The minimum atomic E-state index is 0.0957. The number of hydrogen-bond acceptors (Lipinski definition) is 5. The molecule has 0 saturated heterocycles. The van der Waals surface area contributed by atoms with Gasteiger partial charge < -0.3 is 14.0 Å². The first-order valence-corrected chi connectivity index (χ1v) is 8.12. The number of para-hydroxylation sites is 2. The number of amides is 1. The molecule has 0 aliphatic rings. The summed E-state index contributed by atoms with van der Waals surface area (Å²) in [6.45, 7) is 3.29. The Morgan fingerprint density at radius 2 is 2.17 bits per heavy atom. The Bertz CT molecular complexity index is 810. The Hall–Kier alpha value is -2.70. The Labute approximate surface area is 140 Å². The summed E-state index contributed by atoms with van der Waals surface area (Å²) in [5.74, 6) is 1.72. The molecule has 1 amide bonds. The van der Waals surface area contributed by atoms with Crippen molar-refractivity contribution in [3.8, 4) is 0 Å². The normalized spacial score (nSPS) is 11.1. The van der Waals surface area contributed by atoms with E-state index in [4.69, 9.17) is 4.52 Å². The molecule has 0 aliphatic heterocycles. The second-order valence-electron chi connectivity index (χ2n) is 5.68. The molecule has 2 aromatic heterocycles. The van der Waals surface area contributed by atoms with Gasteiger partial charge in [0.1, 0.15) is 5.82 Å². The van der Waals surface area contributed by atoms with Crippen LogP contribution in [0.1, 0.15) is 25.0 Å². The van der Waals surface area contributed by atoms with Gasteiger partial charge in [-0.15, -0.1) is 0 Å². The third-order valence-corrected chi connectivity index (χ3v) is 4.10. The van der Waals surface area contributed by atoms with Gasteiger partial charge in [0.25, 0.3) is 0 Å². The number of benzene rings is 1. The summed E-state index contributed by atoms with van der Waals surface area (Å²) in [6, 6.07) is 8.03. The van der Waals surface area contributed by atoms with E-state index >= 15 is 0 Å². The van der Waals surface area contributed by atoms with Crippen molar-refractivity contribution in [1.82, 2.24) is 24.6 Å². The molecule has 0 bridgehead atoms. The lowest BCUT2D eigenvalue weighted by Gasteiger charge is -2.17. The highest BCUT2D eigenvalue weighted by atomic mass is 16.5. The van der Waals surface area contributed by atoms with E-state index in [1.54, 1.807) is 11.9 Å². The molecule has 0 aliphatic carbocycles. The maximum atomic E-state index is 12.4. The molecule has 2 heterocycles. The monoisotopic (exact) mass is 327 g/mol. The summed E-state index contributed by atoms with van der Waals surface area (Å²) in [5.41, 5.74) is 2.06. The van der Waals surface area contributed by atoms with Crippen molar-refractivity contribution in [2.24, 2.45) is 0 Å². The zero-order chi connectivity index (χ0) is 16.9. The van der Waals surface area contributed by atoms with Crippen LogP contribution in [0.5, 0.6) is 0 Å². The molecule has 0 fully saturated rings. The minimum absolute atomic E-state index is 0.0957. The SMILES string of the molecule is CCc1nc2ccccc2n1CCC(=O)N(C)CCc1ncon1. The number of aryl methyl sites for hydroxylation is 2. The molecule has 24 heavy (non-hydrogen) atoms. The van der Waals surface area contributed by atoms with E-state index in [1.165, 1.54) is 6.39 Å². The van der Waals surface area contributed by atoms with Crippen LogP contribution in [0.2, 0.25) is 0 Å². The number of carbonyl (C=O) groups is 1. The van der Waals surface area contributed by atoms with Crippen molar-refractivity contribution < 1.29 is 9.32 Å². The van der Waals surface area contributed by atoms with Gasteiger partial charge in [0.15, 0.2) is 5.82 Å². The van der Waals surface area contributed by atoms with Crippen molar-refractivity contribution in [1.29, 1.82) is 0 Å². The number of hydrogen-bond donors (Lipinski definition) is 0. The molecule has 0 saturated carbocycles. The van der Waals surface area contributed by atoms with E-state index in [0.717, 1.165) is 23.3 Å². The first-order chi connectivity index (χ1) is 11.7. The van der Waals surface area contributed by atoms with Gasteiger partial charge in [0.2, 0.25) is 12.3 Å². The van der Waals surface area contributed by atoms with Gasteiger partial charge in [0.05, 0.1) is 11.0 Å². The highest BCUT2D eigenvalue weighted by molar-refractivity contribution is 5.78. The summed E-state index contributed by atoms with van der Waals surface area (Å²) >= 11 is 0.